The second-order valence-electron chi connectivity index (χ2n) is 4.17. The highest BCUT2D eigenvalue weighted by Gasteiger charge is 2.23. The lowest BCUT2D eigenvalue weighted by molar-refractivity contribution is 0.445. The molecule has 3 heteroatoms. The van der Waals surface area contributed by atoms with E-state index in [-0.39, 0.29) is 0 Å². The minimum absolute atomic E-state index is 0.670. The molecular formula is C11H19N3. The minimum atomic E-state index is 0.670. The highest BCUT2D eigenvalue weighted by Crippen LogP contribution is 2.27. The monoisotopic (exact) mass is 193 g/mol. The van der Waals surface area contributed by atoms with Gasteiger partial charge in [0, 0.05) is 12.2 Å². The van der Waals surface area contributed by atoms with Crippen LogP contribution in [0.5, 0.6) is 0 Å². The van der Waals surface area contributed by atoms with Crippen LogP contribution in [0.4, 0.5) is 0 Å². The Kier molecular flexibility index (Phi) is 2.59. The Labute approximate surface area is 85.3 Å². The number of nitrogens with two attached hydrogens (primary N) is 1. The second-order valence-corrected chi connectivity index (χ2v) is 4.17. The normalized spacial score (nSPS) is 20.9. The van der Waals surface area contributed by atoms with E-state index in [0.717, 1.165) is 19.5 Å². The van der Waals surface area contributed by atoms with Crippen molar-refractivity contribution in [3.05, 3.63) is 17.0 Å². The van der Waals surface area contributed by atoms with Crippen molar-refractivity contribution in [2.24, 2.45) is 11.7 Å². The molecule has 14 heavy (non-hydrogen) atoms. The first kappa shape index (κ1) is 9.71. The Balaban J connectivity index is 2.34. The standard InChI is InChI=1S/C11H19N3/c1-3-14-11-6-9(7-12)4-5-10(11)8(2)13-14/h9H,3-7,12H2,1-2H3. The molecule has 0 aromatic carbocycles. The zero-order valence-corrected chi connectivity index (χ0v) is 9.08. The van der Waals surface area contributed by atoms with E-state index in [1.807, 2.05) is 0 Å². The van der Waals surface area contributed by atoms with Gasteiger partial charge in [-0.1, -0.05) is 0 Å². The smallest absolute Gasteiger partial charge is 0.0628 e. The maximum atomic E-state index is 5.73. The first-order valence-electron chi connectivity index (χ1n) is 5.51. The Morgan fingerprint density at radius 1 is 1.57 bits per heavy atom. The van der Waals surface area contributed by atoms with E-state index in [1.165, 1.54) is 29.8 Å². The molecule has 0 saturated carbocycles. The first-order chi connectivity index (χ1) is 6.76. The molecule has 0 spiro atoms. The third kappa shape index (κ3) is 1.46. The van der Waals surface area contributed by atoms with Gasteiger partial charge in [-0.15, -0.1) is 0 Å². The van der Waals surface area contributed by atoms with Crippen LogP contribution in [-0.4, -0.2) is 16.3 Å². The predicted molar refractivity (Wildman–Crippen MR) is 57.2 cm³/mol. The van der Waals surface area contributed by atoms with Gasteiger partial charge in [-0.05, 0) is 51.1 Å². The van der Waals surface area contributed by atoms with Gasteiger partial charge < -0.3 is 5.73 Å². The molecule has 1 aromatic heterocycles. The van der Waals surface area contributed by atoms with Gasteiger partial charge in [0.25, 0.3) is 0 Å². The fraction of sp³-hybridized carbons (Fsp3) is 0.727. The Morgan fingerprint density at radius 2 is 2.36 bits per heavy atom. The lowest BCUT2D eigenvalue weighted by atomic mass is 9.87. The predicted octanol–water partition coefficient (Wildman–Crippen LogP) is 1.28. The van der Waals surface area contributed by atoms with Gasteiger partial charge in [-0.2, -0.15) is 5.10 Å². The molecular weight excluding hydrogens is 174 g/mol. The summed E-state index contributed by atoms with van der Waals surface area (Å²) in [6.07, 6.45) is 3.53. The summed E-state index contributed by atoms with van der Waals surface area (Å²) in [6.45, 7) is 6.06. The molecule has 1 heterocycles. The van der Waals surface area contributed by atoms with Crippen LogP contribution in [0.3, 0.4) is 0 Å². The zero-order valence-electron chi connectivity index (χ0n) is 9.08. The molecule has 1 aliphatic carbocycles. The maximum Gasteiger partial charge on any atom is 0.0628 e. The molecule has 1 atom stereocenters. The van der Waals surface area contributed by atoms with Gasteiger partial charge in [-0.25, -0.2) is 0 Å². The van der Waals surface area contributed by atoms with E-state index in [2.05, 4.69) is 23.6 Å². The summed E-state index contributed by atoms with van der Waals surface area (Å²) >= 11 is 0. The van der Waals surface area contributed by atoms with Crippen molar-refractivity contribution >= 4 is 0 Å². The SMILES string of the molecule is CCn1nc(C)c2c1CC(CN)CC2. The molecule has 1 aromatic rings. The summed E-state index contributed by atoms with van der Waals surface area (Å²) < 4.78 is 2.15. The second kappa shape index (κ2) is 3.73. The van der Waals surface area contributed by atoms with Crippen molar-refractivity contribution in [3.63, 3.8) is 0 Å². The van der Waals surface area contributed by atoms with Crippen molar-refractivity contribution in [1.82, 2.24) is 9.78 Å². The number of fused-ring (bicyclic) bond motifs is 1. The van der Waals surface area contributed by atoms with Gasteiger partial charge in [0.15, 0.2) is 0 Å². The molecule has 2 N–H and O–H groups in total. The minimum Gasteiger partial charge on any atom is -0.330 e. The van der Waals surface area contributed by atoms with Crippen LogP contribution >= 0.6 is 0 Å². The lowest BCUT2D eigenvalue weighted by Gasteiger charge is -2.21. The molecule has 0 bridgehead atoms. The zero-order chi connectivity index (χ0) is 10.1. The summed E-state index contributed by atoms with van der Waals surface area (Å²) in [5.74, 6) is 0.670. The van der Waals surface area contributed by atoms with E-state index in [0.29, 0.717) is 5.92 Å². The van der Waals surface area contributed by atoms with Crippen molar-refractivity contribution < 1.29 is 0 Å². The summed E-state index contributed by atoms with van der Waals surface area (Å²) in [5, 5.41) is 4.56. The van der Waals surface area contributed by atoms with E-state index in [1.54, 1.807) is 0 Å². The van der Waals surface area contributed by atoms with Crippen LogP contribution in [0.25, 0.3) is 0 Å². The molecule has 0 aliphatic heterocycles. The van der Waals surface area contributed by atoms with E-state index < -0.39 is 0 Å². The van der Waals surface area contributed by atoms with Gasteiger partial charge in [0.05, 0.1) is 5.69 Å². The number of aryl methyl sites for hydroxylation is 2. The number of nitrogens with zero attached hydrogens (tertiary/aromatic N) is 2. The Bertz CT molecular complexity index is 328. The quantitative estimate of drug-likeness (QED) is 0.769. The Hall–Kier alpha value is -0.830. The van der Waals surface area contributed by atoms with Crippen LogP contribution < -0.4 is 5.73 Å². The van der Waals surface area contributed by atoms with Crippen molar-refractivity contribution in [1.29, 1.82) is 0 Å². The van der Waals surface area contributed by atoms with E-state index in [9.17, 15) is 0 Å². The van der Waals surface area contributed by atoms with Crippen LogP contribution in [0, 0.1) is 12.8 Å². The number of hydrogen-bond donors (Lipinski definition) is 1. The molecule has 0 amide bonds. The summed E-state index contributed by atoms with van der Waals surface area (Å²) in [4.78, 5) is 0. The first-order valence-corrected chi connectivity index (χ1v) is 5.51. The van der Waals surface area contributed by atoms with E-state index in [4.69, 9.17) is 5.73 Å². The number of hydrogen-bond acceptors (Lipinski definition) is 2. The van der Waals surface area contributed by atoms with Crippen LogP contribution in [0.15, 0.2) is 0 Å². The highest BCUT2D eigenvalue weighted by atomic mass is 15.3. The third-order valence-corrected chi connectivity index (χ3v) is 3.28. The summed E-state index contributed by atoms with van der Waals surface area (Å²) in [5.41, 5.74) is 9.87. The van der Waals surface area contributed by atoms with Crippen molar-refractivity contribution in [3.8, 4) is 0 Å². The summed E-state index contributed by atoms with van der Waals surface area (Å²) in [7, 11) is 0. The van der Waals surface area contributed by atoms with Gasteiger partial charge in [0.2, 0.25) is 0 Å². The molecule has 3 nitrogen and oxygen atoms in total. The van der Waals surface area contributed by atoms with Crippen molar-refractivity contribution in [2.45, 2.75) is 39.7 Å². The topological polar surface area (TPSA) is 43.8 Å². The molecule has 1 unspecified atom stereocenters. The fourth-order valence-corrected chi connectivity index (χ4v) is 2.41. The van der Waals surface area contributed by atoms with Crippen LogP contribution in [0.1, 0.15) is 30.3 Å². The molecule has 0 radical (unpaired) electrons. The molecule has 2 rings (SSSR count). The largest absolute Gasteiger partial charge is 0.330 e. The average molecular weight is 193 g/mol. The summed E-state index contributed by atoms with van der Waals surface area (Å²) in [6, 6.07) is 0. The third-order valence-electron chi connectivity index (χ3n) is 3.28. The highest BCUT2D eigenvalue weighted by molar-refractivity contribution is 5.28. The fourth-order valence-electron chi connectivity index (χ4n) is 2.41. The van der Waals surface area contributed by atoms with Crippen LogP contribution in [-0.2, 0) is 19.4 Å². The average Bonchev–Trinajstić information content (AvgIpc) is 2.55. The molecule has 78 valence electrons. The lowest BCUT2D eigenvalue weighted by Crippen LogP contribution is -2.23. The van der Waals surface area contributed by atoms with Crippen molar-refractivity contribution in [2.75, 3.05) is 6.54 Å². The molecule has 0 saturated heterocycles. The Morgan fingerprint density at radius 3 is 3.00 bits per heavy atom. The molecule has 1 aliphatic rings. The van der Waals surface area contributed by atoms with Crippen LogP contribution in [0.2, 0.25) is 0 Å². The molecule has 0 fully saturated rings. The van der Waals surface area contributed by atoms with Gasteiger partial charge >= 0.3 is 0 Å². The van der Waals surface area contributed by atoms with E-state index >= 15 is 0 Å². The number of aromatic nitrogens is 2. The number of rotatable bonds is 2. The van der Waals surface area contributed by atoms with Gasteiger partial charge in [-0.3, -0.25) is 4.68 Å². The van der Waals surface area contributed by atoms with Gasteiger partial charge in [0.1, 0.15) is 0 Å². The maximum absolute atomic E-state index is 5.73.